The van der Waals surface area contributed by atoms with Gasteiger partial charge in [-0.3, -0.25) is 9.79 Å². The Bertz CT molecular complexity index is 353. The maximum Gasteiger partial charge on any atom is 0.223 e. The molecule has 5 heteroatoms. The van der Waals surface area contributed by atoms with Gasteiger partial charge in [0.15, 0.2) is 5.96 Å². The van der Waals surface area contributed by atoms with E-state index in [-0.39, 0.29) is 11.8 Å². The molecule has 0 aliphatic heterocycles. The van der Waals surface area contributed by atoms with Crippen LogP contribution in [-0.2, 0) is 4.79 Å². The molecule has 0 saturated heterocycles. The summed E-state index contributed by atoms with van der Waals surface area (Å²) in [5, 5.41) is 9.61. The summed E-state index contributed by atoms with van der Waals surface area (Å²) in [6.45, 7) is 4.65. The molecule has 20 heavy (non-hydrogen) atoms. The van der Waals surface area contributed by atoms with Crippen molar-refractivity contribution in [3.05, 3.63) is 0 Å². The molecule has 2 rings (SSSR count). The fraction of sp³-hybridized carbons (Fsp3) is 0.867. The van der Waals surface area contributed by atoms with Crippen LogP contribution in [0, 0.1) is 11.3 Å². The van der Waals surface area contributed by atoms with Crippen LogP contribution in [0.25, 0.3) is 0 Å². The van der Waals surface area contributed by atoms with Crippen molar-refractivity contribution in [3.8, 4) is 0 Å². The van der Waals surface area contributed by atoms with Crippen molar-refractivity contribution in [2.45, 2.75) is 45.4 Å². The Kier molecular flexibility index (Phi) is 5.26. The van der Waals surface area contributed by atoms with Crippen LogP contribution < -0.4 is 16.0 Å². The zero-order chi connectivity index (χ0) is 14.4. The summed E-state index contributed by atoms with van der Waals surface area (Å²) in [6.07, 6.45) is 7.35. The third kappa shape index (κ3) is 4.12. The van der Waals surface area contributed by atoms with Gasteiger partial charge < -0.3 is 16.0 Å². The van der Waals surface area contributed by atoms with Gasteiger partial charge in [-0.25, -0.2) is 0 Å². The van der Waals surface area contributed by atoms with E-state index in [1.165, 1.54) is 25.7 Å². The van der Waals surface area contributed by atoms with Gasteiger partial charge in [0.05, 0.1) is 0 Å². The Labute approximate surface area is 122 Å². The molecule has 2 aliphatic carbocycles. The van der Waals surface area contributed by atoms with Gasteiger partial charge in [0.25, 0.3) is 0 Å². The van der Waals surface area contributed by atoms with Gasteiger partial charge in [0.2, 0.25) is 5.91 Å². The molecule has 0 aromatic heterocycles. The van der Waals surface area contributed by atoms with E-state index in [0.717, 1.165) is 31.9 Å². The van der Waals surface area contributed by atoms with Crippen molar-refractivity contribution < 1.29 is 4.79 Å². The van der Waals surface area contributed by atoms with Gasteiger partial charge in [-0.05, 0) is 37.5 Å². The molecule has 0 aromatic rings. The quantitative estimate of drug-likeness (QED) is 0.374. The first-order chi connectivity index (χ1) is 9.69. The van der Waals surface area contributed by atoms with E-state index in [0.29, 0.717) is 12.0 Å². The molecule has 0 aromatic carbocycles. The zero-order valence-electron chi connectivity index (χ0n) is 12.8. The van der Waals surface area contributed by atoms with E-state index < -0.39 is 0 Å². The summed E-state index contributed by atoms with van der Waals surface area (Å²) in [5.41, 5.74) is 0.484. The SMILES string of the molecule is CCC1(CNC(=NC)NCCNC(=O)C2CC2)CCC1. The van der Waals surface area contributed by atoms with Gasteiger partial charge in [0, 0.05) is 32.6 Å². The Morgan fingerprint density at radius 3 is 2.40 bits per heavy atom. The minimum absolute atomic E-state index is 0.203. The highest BCUT2D eigenvalue weighted by Gasteiger charge is 2.34. The van der Waals surface area contributed by atoms with Crippen LogP contribution in [0.15, 0.2) is 4.99 Å². The lowest BCUT2D eigenvalue weighted by Gasteiger charge is -2.41. The first-order valence-corrected chi connectivity index (χ1v) is 7.91. The summed E-state index contributed by atoms with van der Waals surface area (Å²) < 4.78 is 0. The monoisotopic (exact) mass is 280 g/mol. The second-order valence-electron chi connectivity index (χ2n) is 6.12. The molecule has 0 radical (unpaired) electrons. The number of guanidine groups is 1. The molecule has 0 unspecified atom stereocenters. The average molecular weight is 280 g/mol. The molecule has 2 aliphatic rings. The largest absolute Gasteiger partial charge is 0.356 e. The van der Waals surface area contributed by atoms with E-state index in [1.807, 2.05) is 0 Å². The highest BCUT2D eigenvalue weighted by molar-refractivity contribution is 5.81. The van der Waals surface area contributed by atoms with Crippen LogP contribution in [-0.4, -0.2) is 38.5 Å². The van der Waals surface area contributed by atoms with Crippen LogP contribution in [0.5, 0.6) is 0 Å². The van der Waals surface area contributed by atoms with Gasteiger partial charge in [-0.15, -0.1) is 0 Å². The Morgan fingerprint density at radius 2 is 1.90 bits per heavy atom. The van der Waals surface area contributed by atoms with Crippen LogP contribution in [0.4, 0.5) is 0 Å². The predicted octanol–water partition coefficient (Wildman–Crippen LogP) is 1.26. The third-order valence-electron chi connectivity index (χ3n) is 4.68. The molecule has 114 valence electrons. The lowest BCUT2D eigenvalue weighted by Crippen LogP contribution is -2.47. The van der Waals surface area contributed by atoms with Gasteiger partial charge in [0.1, 0.15) is 0 Å². The van der Waals surface area contributed by atoms with Crippen LogP contribution >= 0.6 is 0 Å². The summed E-state index contributed by atoms with van der Waals surface area (Å²) in [4.78, 5) is 15.7. The summed E-state index contributed by atoms with van der Waals surface area (Å²) in [5.74, 6) is 1.33. The number of rotatable bonds is 7. The van der Waals surface area contributed by atoms with Crippen molar-refractivity contribution >= 4 is 11.9 Å². The number of hydrogen-bond donors (Lipinski definition) is 3. The molecule has 2 fully saturated rings. The van der Waals surface area contributed by atoms with Gasteiger partial charge in [-0.2, -0.15) is 0 Å². The lowest BCUT2D eigenvalue weighted by atomic mass is 9.67. The Hall–Kier alpha value is -1.26. The van der Waals surface area contributed by atoms with Crippen LogP contribution in [0.3, 0.4) is 0 Å². The minimum Gasteiger partial charge on any atom is -0.356 e. The summed E-state index contributed by atoms with van der Waals surface area (Å²) >= 11 is 0. The molecular weight excluding hydrogens is 252 g/mol. The Balaban J connectivity index is 1.58. The van der Waals surface area contributed by atoms with E-state index in [2.05, 4.69) is 27.9 Å². The fourth-order valence-corrected chi connectivity index (χ4v) is 2.68. The highest BCUT2D eigenvalue weighted by Crippen LogP contribution is 2.42. The number of carbonyl (C=O) groups is 1. The zero-order valence-corrected chi connectivity index (χ0v) is 12.8. The minimum atomic E-state index is 0.203. The number of aliphatic imine (C=N–C) groups is 1. The third-order valence-corrected chi connectivity index (χ3v) is 4.68. The second kappa shape index (κ2) is 6.95. The second-order valence-corrected chi connectivity index (χ2v) is 6.12. The molecular formula is C15H28N4O. The Morgan fingerprint density at radius 1 is 1.20 bits per heavy atom. The molecule has 5 nitrogen and oxygen atoms in total. The van der Waals surface area contributed by atoms with Crippen LogP contribution in [0.1, 0.15) is 45.4 Å². The molecule has 0 spiro atoms. The molecule has 0 atom stereocenters. The average Bonchev–Trinajstić information content (AvgIpc) is 3.24. The fourth-order valence-electron chi connectivity index (χ4n) is 2.68. The molecule has 0 heterocycles. The van der Waals surface area contributed by atoms with E-state index >= 15 is 0 Å². The number of hydrogen-bond acceptors (Lipinski definition) is 2. The summed E-state index contributed by atoms with van der Waals surface area (Å²) in [6, 6.07) is 0. The normalized spacial score (nSPS) is 21.0. The topological polar surface area (TPSA) is 65.5 Å². The number of amides is 1. The van der Waals surface area contributed by atoms with E-state index in [9.17, 15) is 4.79 Å². The van der Waals surface area contributed by atoms with Crippen molar-refractivity contribution in [2.75, 3.05) is 26.7 Å². The number of carbonyl (C=O) groups excluding carboxylic acids is 1. The number of nitrogens with zero attached hydrogens (tertiary/aromatic N) is 1. The first kappa shape index (κ1) is 15.1. The smallest absolute Gasteiger partial charge is 0.223 e. The standard InChI is InChI=1S/C15H28N4O/c1-3-15(7-4-8-15)11-19-14(16-2)18-10-9-17-13(20)12-5-6-12/h12H,3-11H2,1-2H3,(H,17,20)(H2,16,18,19). The number of nitrogens with one attached hydrogen (secondary N) is 3. The molecule has 3 N–H and O–H groups in total. The van der Waals surface area contributed by atoms with E-state index in [4.69, 9.17) is 0 Å². The van der Waals surface area contributed by atoms with Crippen molar-refractivity contribution in [1.82, 2.24) is 16.0 Å². The highest BCUT2D eigenvalue weighted by atomic mass is 16.2. The molecule has 2 saturated carbocycles. The first-order valence-electron chi connectivity index (χ1n) is 7.91. The maximum atomic E-state index is 11.5. The molecule has 0 bridgehead atoms. The maximum absolute atomic E-state index is 11.5. The van der Waals surface area contributed by atoms with Crippen molar-refractivity contribution in [1.29, 1.82) is 0 Å². The molecule has 1 amide bonds. The summed E-state index contributed by atoms with van der Waals surface area (Å²) in [7, 11) is 1.79. The predicted molar refractivity (Wildman–Crippen MR) is 81.7 cm³/mol. The van der Waals surface area contributed by atoms with Crippen molar-refractivity contribution in [3.63, 3.8) is 0 Å². The van der Waals surface area contributed by atoms with Gasteiger partial charge >= 0.3 is 0 Å². The van der Waals surface area contributed by atoms with Crippen molar-refractivity contribution in [2.24, 2.45) is 16.3 Å². The van der Waals surface area contributed by atoms with Gasteiger partial charge in [-0.1, -0.05) is 13.3 Å². The van der Waals surface area contributed by atoms with Crippen LogP contribution in [0.2, 0.25) is 0 Å². The van der Waals surface area contributed by atoms with E-state index in [1.54, 1.807) is 7.05 Å². The lowest BCUT2D eigenvalue weighted by molar-refractivity contribution is -0.122.